The molecule has 5 heteroatoms. The van der Waals surface area contributed by atoms with E-state index >= 15 is 0 Å². The summed E-state index contributed by atoms with van der Waals surface area (Å²) in [5.41, 5.74) is 5.34. The highest BCUT2D eigenvalue weighted by Gasteiger charge is 2.12. The monoisotopic (exact) mass is 181 g/mol. The van der Waals surface area contributed by atoms with Gasteiger partial charge in [0.1, 0.15) is 0 Å². The minimum Gasteiger partial charge on any atom is -0.423 e. The number of hydrogen-bond acceptors (Lipinski definition) is 3. The van der Waals surface area contributed by atoms with Gasteiger partial charge in [-0.05, 0) is 12.4 Å². The van der Waals surface area contributed by atoms with Crippen LogP contribution in [-0.2, 0) is 4.79 Å². The molecule has 0 aromatic rings. The van der Waals surface area contributed by atoms with Crippen LogP contribution in [-0.4, -0.2) is 23.1 Å². The van der Waals surface area contributed by atoms with E-state index in [0.29, 0.717) is 0 Å². The van der Waals surface area contributed by atoms with Crippen molar-refractivity contribution in [2.24, 2.45) is 5.73 Å². The molecular formula is C8H12BNO3. The van der Waals surface area contributed by atoms with Gasteiger partial charge in [-0.25, -0.2) is 0 Å². The molecule has 0 saturated carbocycles. The maximum atomic E-state index is 10.7. The molecule has 0 aromatic carbocycles. The number of nitrogens with two attached hydrogens (primary N) is 1. The second-order valence-electron chi connectivity index (χ2n) is 2.33. The van der Waals surface area contributed by atoms with Crippen LogP contribution in [0, 0.1) is 0 Å². The van der Waals surface area contributed by atoms with Crippen molar-refractivity contribution < 1.29 is 14.8 Å². The number of rotatable bonds is 4. The fourth-order valence-corrected chi connectivity index (χ4v) is 0.715. The third kappa shape index (κ3) is 3.73. The molecule has 0 fully saturated rings. The third-order valence-corrected chi connectivity index (χ3v) is 1.45. The molecule has 0 aromatic heterocycles. The molecule has 0 aliphatic rings. The van der Waals surface area contributed by atoms with Crippen molar-refractivity contribution in [3.05, 3.63) is 35.9 Å². The molecule has 0 unspecified atom stereocenters. The number of hydrogen-bond donors (Lipinski definition) is 3. The Morgan fingerprint density at radius 2 is 2.08 bits per heavy atom. The average molecular weight is 181 g/mol. The number of carbonyl (C=O) groups excluding carboxylic acids is 1. The Kier molecular flexibility index (Phi) is 4.80. The SMILES string of the molecule is C=C/C(=C\C(=C/C)C(N)=O)B(O)O. The summed E-state index contributed by atoms with van der Waals surface area (Å²) in [6.45, 7) is 4.99. The van der Waals surface area contributed by atoms with E-state index in [2.05, 4.69) is 6.58 Å². The number of amides is 1. The smallest absolute Gasteiger partial charge is 0.423 e. The van der Waals surface area contributed by atoms with E-state index in [0.717, 1.165) is 0 Å². The first-order valence-electron chi connectivity index (χ1n) is 3.69. The van der Waals surface area contributed by atoms with Crippen LogP contribution >= 0.6 is 0 Å². The van der Waals surface area contributed by atoms with Gasteiger partial charge in [0.2, 0.25) is 5.91 Å². The number of primary amides is 1. The van der Waals surface area contributed by atoms with Crippen LogP contribution in [0.15, 0.2) is 35.9 Å². The van der Waals surface area contributed by atoms with Crippen molar-refractivity contribution in [1.82, 2.24) is 0 Å². The predicted octanol–water partition coefficient (Wildman–Crippen LogP) is -0.458. The van der Waals surface area contributed by atoms with Gasteiger partial charge >= 0.3 is 7.12 Å². The molecule has 4 nitrogen and oxygen atoms in total. The van der Waals surface area contributed by atoms with Crippen LogP contribution < -0.4 is 5.73 Å². The summed E-state index contributed by atoms with van der Waals surface area (Å²) in [5, 5.41) is 17.6. The van der Waals surface area contributed by atoms with E-state index in [9.17, 15) is 4.79 Å². The van der Waals surface area contributed by atoms with Crippen molar-refractivity contribution >= 4 is 13.0 Å². The fourth-order valence-electron chi connectivity index (χ4n) is 0.715. The molecule has 0 radical (unpaired) electrons. The first-order valence-corrected chi connectivity index (χ1v) is 3.69. The minimum atomic E-state index is -1.65. The third-order valence-electron chi connectivity index (χ3n) is 1.45. The summed E-state index contributed by atoms with van der Waals surface area (Å²) in [6, 6.07) is 0. The molecule has 0 bridgehead atoms. The molecule has 0 aliphatic carbocycles. The summed E-state index contributed by atoms with van der Waals surface area (Å²) in [7, 11) is -1.65. The fraction of sp³-hybridized carbons (Fsp3) is 0.125. The highest BCUT2D eigenvalue weighted by Crippen LogP contribution is 2.04. The summed E-state index contributed by atoms with van der Waals surface area (Å²) in [5.74, 6) is -0.623. The molecule has 0 rings (SSSR count). The normalized spacial score (nSPS) is 12.5. The van der Waals surface area contributed by atoms with Gasteiger partial charge in [0.15, 0.2) is 0 Å². The zero-order valence-corrected chi connectivity index (χ0v) is 7.40. The Labute approximate surface area is 77.2 Å². The van der Waals surface area contributed by atoms with Crippen LogP contribution in [0.1, 0.15) is 6.92 Å². The maximum absolute atomic E-state index is 10.7. The van der Waals surface area contributed by atoms with Crippen LogP contribution in [0.2, 0.25) is 0 Å². The second-order valence-corrected chi connectivity index (χ2v) is 2.33. The van der Waals surface area contributed by atoms with Gasteiger partial charge in [-0.15, -0.1) is 0 Å². The van der Waals surface area contributed by atoms with Crippen molar-refractivity contribution in [3.8, 4) is 0 Å². The largest absolute Gasteiger partial charge is 0.488 e. The van der Waals surface area contributed by atoms with E-state index in [1.165, 1.54) is 18.2 Å². The Bertz CT molecular complexity index is 269. The van der Waals surface area contributed by atoms with Gasteiger partial charge in [-0.2, -0.15) is 0 Å². The first-order chi connectivity index (χ1) is 6.02. The topological polar surface area (TPSA) is 83.6 Å². The summed E-state index contributed by atoms with van der Waals surface area (Å²) in [4.78, 5) is 10.7. The molecular weight excluding hydrogens is 169 g/mol. The second kappa shape index (κ2) is 5.34. The number of allylic oxidation sites excluding steroid dienone is 3. The molecule has 4 N–H and O–H groups in total. The molecule has 0 atom stereocenters. The van der Waals surface area contributed by atoms with Crippen LogP contribution in [0.4, 0.5) is 0 Å². The van der Waals surface area contributed by atoms with E-state index in [4.69, 9.17) is 15.8 Å². The molecule has 13 heavy (non-hydrogen) atoms. The molecule has 0 aliphatic heterocycles. The summed E-state index contributed by atoms with van der Waals surface area (Å²) < 4.78 is 0. The van der Waals surface area contributed by atoms with Crippen molar-refractivity contribution in [2.75, 3.05) is 0 Å². The van der Waals surface area contributed by atoms with E-state index in [-0.39, 0.29) is 11.0 Å². The zero-order valence-electron chi connectivity index (χ0n) is 7.40. The van der Waals surface area contributed by atoms with Gasteiger partial charge in [0.25, 0.3) is 0 Å². The quantitative estimate of drug-likeness (QED) is 0.311. The molecule has 0 spiro atoms. The Balaban J connectivity index is 4.87. The van der Waals surface area contributed by atoms with Gasteiger partial charge in [-0.3, -0.25) is 4.79 Å². The minimum absolute atomic E-state index is 0.131. The molecule has 70 valence electrons. The van der Waals surface area contributed by atoms with Crippen molar-refractivity contribution in [1.29, 1.82) is 0 Å². The molecule has 0 heterocycles. The standard InChI is InChI=1S/C8H12BNO3/c1-3-6(8(10)11)5-7(4-2)9(12)13/h3-5,12-13H,2H2,1H3,(H2,10,11)/b6-3+,7-5+. The zero-order chi connectivity index (χ0) is 10.4. The Morgan fingerprint density at radius 1 is 1.54 bits per heavy atom. The van der Waals surface area contributed by atoms with E-state index in [1.807, 2.05) is 0 Å². The van der Waals surface area contributed by atoms with Crippen LogP contribution in [0.3, 0.4) is 0 Å². The highest BCUT2D eigenvalue weighted by atomic mass is 16.4. The lowest BCUT2D eigenvalue weighted by atomic mass is 9.78. The van der Waals surface area contributed by atoms with Gasteiger partial charge in [-0.1, -0.05) is 24.8 Å². The Morgan fingerprint density at radius 3 is 2.31 bits per heavy atom. The lowest BCUT2D eigenvalue weighted by molar-refractivity contribution is -0.114. The van der Waals surface area contributed by atoms with E-state index < -0.39 is 13.0 Å². The van der Waals surface area contributed by atoms with Gasteiger partial charge in [0.05, 0.1) is 0 Å². The highest BCUT2D eigenvalue weighted by molar-refractivity contribution is 6.52. The van der Waals surface area contributed by atoms with E-state index in [1.54, 1.807) is 6.92 Å². The predicted molar refractivity (Wildman–Crippen MR) is 51.4 cm³/mol. The van der Waals surface area contributed by atoms with Crippen molar-refractivity contribution in [3.63, 3.8) is 0 Å². The summed E-state index contributed by atoms with van der Waals surface area (Å²) >= 11 is 0. The molecule has 1 amide bonds. The number of carbonyl (C=O) groups is 1. The van der Waals surface area contributed by atoms with Crippen LogP contribution in [0.25, 0.3) is 0 Å². The molecule has 0 saturated heterocycles. The summed E-state index contributed by atoms with van der Waals surface area (Å²) in [6.07, 6.45) is 4.01. The van der Waals surface area contributed by atoms with Gasteiger partial charge in [0, 0.05) is 5.57 Å². The lowest BCUT2D eigenvalue weighted by Gasteiger charge is -2.00. The Hall–Kier alpha value is -1.33. The van der Waals surface area contributed by atoms with Gasteiger partial charge < -0.3 is 15.8 Å². The van der Waals surface area contributed by atoms with Crippen LogP contribution in [0.5, 0.6) is 0 Å². The average Bonchev–Trinajstić information content (AvgIpc) is 2.05. The van der Waals surface area contributed by atoms with Crippen molar-refractivity contribution in [2.45, 2.75) is 6.92 Å². The lowest BCUT2D eigenvalue weighted by Crippen LogP contribution is -2.17. The first kappa shape index (κ1) is 11.7. The maximum Gasteiger partial charge on any atom is 0.488 e.